The van der Waals surface area contributed by atoms with Crippen LogP contribution in [0.3, 0.4) is 0 Å². The van der Waals surface area contributed by atoms with Gasteiger partial charge in [-0.1, -0.05) is 46.8 Å². The number of nitrogens with one attached hydrogen (secondary N) is 1. The number of hydrogen-bond acceptors (Lipinski definition) is 5. The second-order valence-corrected chi connectivity index (χ2v) is 20.2. The van der Waals surface area contributed by atoms with Gasteiger partial charge in [-0.2, -0.15) is 13.2 Å². The van der Waals surface area contributed by atoms with Crippen molar-refractivity contribution in [1.82, 2.24) is 5.32 Å². The Hall–Kier alpha value is -1.78. The third-order valence-corrected chi connectivity index (χ3v) is 15.6. The van der Waals surface area contributed by atoms with Crippen molar-refractivity contribution < 1.29 is 36.7 Å². The summed E-state index contributed by atoms with van der Waals surface area (Å²) in [5, 5.41) is 1.94. The topological polar surface area (TPSA) is 81.7 Å². The van der Waals surface area contributed by atoms with Crippen LogP contribution in [0, 0.1) is 23.2 Å². The molecule has 0 aromatic rings. The molecule has 45 heavy (non-hydrogen) atoms. The Bertz CT molecular complexity index is 1160. The number of ketones is 2. The molecule has 0 aromatic carbocycles. The third-order valence-electron chi connectivity index (χ3n) is 11.1. The highest BCUT2D eigenvalue weighted by Gasteiger charge is 2.51. The fraction of sp³-hybridized carbons (Fsp3) is 0.800. The summed E-state index contributed by atoms with van der Waals surface area (Å²) in [6.07, 6.45) is 3.55. The number of rotatable bonds is 6. The van der Waals surface area contributed by atoms with E-state index in [1.54, 1.807) is 0 Å². The molecular weight excluding hydrogens is 599 g/mol. The van der Waals surface area contributed by atoms with Gasteiger partial charge in [0.2, 0.25) is 0 Å². The van der Waals surface area contributed by atoms with E-state index in [9.17, 15) is 27.6 Å². The van der Waals surface area contributed by atoms with Gasteiger partial charge in [0.05, 0.1) is 18.3 Å². The van der Waals surface area contributed by atoms with Crippen molar-refractivity contribution in [3.05, 3.63) is 23.3 Å². The maximum absolute atomic E-state index is 14.3. The Morgan fingerprint density at radius 2 is 1.76 bits per heavy atom. The molecule has 3 rings (SSSR count). The summed E-state index contributed by atoms with van der Waals surface area (Å²) in [6, 6.07) is 0. The molecule has 1 saturated heterocycles. The second kappa shape index (κ2) is 14.5. The molecule has 1 aliphatic carbocycles. The van der Waals surface area contributed by atoms with Gasteiger partial charge in [0, 0.05) is 30.7 Å². The van der Waals surface area contributed by atoms with Crippen molar-refractivity contribution in [3.8, 4) is 0 Å². The lowest BCUT2D eigenvalue weighted by molar-refractivity contribution is -0.173. The standard InChI is InChI=1S/C35H56F3NO5Si/c1-22-12-10-13-30(41)34(17-11-19-39-32(42)35(36,37)38)18-16-28(40)25(4)27(34)21-23(2)29(44-45(8,9)33(5,6)7)15-14-26-20-24(3)31(22)43-26/h12,21,24-27,29,31H,10-11,13-20H2,1-9H3,(H,39,42)/b22-12+,23-21+/t24-,25+,26-,27+,29+,31+,34+/m1/s1. The molecule has 0 unspecified atom stereocenters. The molecule has 10 heteroatoms. The van der Waals surface area contributed by atoms with Crippen LogP contribution < -0.4 is 5.32 Å². The summed E-state index contributed by atoms with van der Waals surface area (Å²) < 4.78 is 52.1. The molecule has 0 aromatic heterocycles. The van der Waals surface area contributed by atoms with E-state index in [2.05, 4.69) is 59.9 Å². The minimum absolute atomic E-state index is 0.00194. The SMILES string of the molecule is C/C1=C\[C@H]2[C@H](C)C(=O)CC[C@]2(CCCNC(=O)C(F)(F)F)C(=O)CC/C=C(\C)[C@@H]2O[C@H](CC[C@@H]1O[Si](C)(C)C(C)(C)C)C[C@H]2C. The molecule has 2 aliphatic heterocycles. The van der Waals surface area contributed by atoms with E-state index < -0.39 is 37.7 Å². The molecule has 1 N–H and O–H groups in total. The quantitative estimate of drug-likeness (QED) is 0.177. The highest BCUT2D eigenvalue weighted by molar-refractivity contribution is 6.74. The number of halogens is 3. The minimum Gasteiger partial charge on any atom is -0.410 e. The summed E-state index contributed by atoms with van der Waals surface area (Å²) in [4.78, 5) is 39.0. The van der Waals surface area contributed by atoms with Gasteiger partial charge in [-0.15, -0.1) is 0 Å². The lowest BCUT2D eigenvalue weighted by atomic mass is 9.56. The molecule has 256 valence electrons. The molecular formula is C35H56F3NO5Si. The highest BCUT2D eigenvalue weighted by Crippen LogP contribution is 2.50. The number of ether oxygens (including phenoxy) is 1. The maximum atomic E-state index is 14.3. The number of fused-ring (bicyclic) bond motifs is 3. The minimum atomic E-state index is -4.96. The molecule has 2 fully saturated rings. The van der Waals surface area contributed by atoms with Gasteiger partial charge < -0.3 is 14.5 Å². The van der Waals surface area contributed by atoms with Gasteiger partial charge in [-0.05, 0) is 99.9 Å². The van der Waals surface area contributed by atoms with E-state index in [0.717, 1.165) is 30.4 Å². The van der Waals surface area contributed by atoms with E-state index in [1.807, 2.05) is 19.2 Å². The Morgan fingerprint density at radius 3 is 2.38 bits per heavy atom. The summed E-state index contributed by atoms with van der Waals surface area (Å²) in [6.45, 7) is 19.0. The van der Waals surface area contributed by atoms with Crippen molar-refractivity contribution in [2.75, 3.05) is 6.54 Å². The van der Waals surface area contributed by atoms with Crippen molar-refractivity contribution in [1.29, 1.82) is 0 Å². The van der Waals surface area contributed by atoms with Crippen LogP contribution in [0.15, 0.2) is 23.3 Å². The zero-order valence-electron chi connectivity index (χ0n) is 28.9. The van der Waals surface area contributed by atoms with Crippen LogP contribution in [0.5, 0.6) is 0 Å². The first-order valence-electron chi connectivity index (χ1n) is 16.8. The number of amides is 1. The van der Waals surface area contributed by atoms with Crippen LogP contribution in [0.25, 0.3) is 0 Å². The highest BCUT2D eigenvalue weighted by atomic mass is 28.4. The summed E-state index contributed by atoms with van der Waals surface area (Å²) in [5.41, 5.74) is 1.17. The predicted molar refractivity (Wildman–Crippen MR) is 173 cm³/mol. The largest absolute Gasteiger partial charge is 0.471 e. The molecule has 0 radical (unpaired) electrons. The second-order valence-electron chi connectivity index (χ2n) is 15.5. The first kappa shape index (κ1) is 37.7. The normalized spacial score (nSPS) is 34.9. The monoisotopic (exact) mass is 655 g/mol. The fourth-order valence-corrected chi connectivity index (χ4v) is 8.67. The van der Waals surface area contributed by atoms with Crippen LogP contribution in [0.1, 0.15) is 106 Å². The molecule has 1 saturated carbocycles. The lowest BCUT2D eigenvalue weighted by Gasteiger charge is -2.46. The number of hydrogen-bond donors (Lipinski definition) is 1. The van der Waals surface area contributed by atoms with Crippen LogP contribution in [0.4, 0.5) is 13.2 Å². The van der Waals surface area contributed by atoms with Crippen molar-refractivity contribution in [2.24, 2.45) is 23.2 Å². The number of alkyl halides is 3. The zero-order valence-corrected chi connectivity index (χ0v) is 29.9. The van der Waals surface area contributed by atoms with E-state index >= 15 is 0 Å². The summed E-state index contributed by atoms with van der Waals surface area (Å²) in [7, 11) is -2.21. The molecule has 7 atom stereocenters. The molecule has 1 amide bonds. The average molecular weight is 656 g/mol. The Labute approximate surface area is 269 Å². The smallest absolute Gasteiger partial charge is 0.410 e. The Kier molecular flexibility index (Phi) is 12.2. The summed E-state index contributed by atoms with van der Waals surface area (Å²) in [5.74, 6) is -2.35. The maximum Gasteiger partial charge on any atom is 0.471 e. The zero-order chi connectivity index (χ0) is 34.0. The molecule has 0 spiro atoms. The number of carbonyl (C=O) groups excluding carboxylic acids is 3. The molecule has 3 aliphatic rings. The van der Waals surface area contributed by atoms with Gasteiger partial charge in [-0.25, -0.2) is 0 Å². The molecule has 6 nitrogen and oxygen atoms in total. The van der Waals surface area contributed by atoms with Gasteiger partial charge in [0.25, 0.3) is 0 Å². The Morgan fingerprint density at radius 1 is 1.09 bits per heavy atom. The Balaban J connectivity index is 2.06. The first-order valence-corrected chi connectivity index (χ1v) is 19.7. The van der Waals surface area contributed by atoms with Gasteiger partial charge in [0.15, 0.2) is 8.32 Å². The summed E-state index contributed by atoms with van der Waals surface area (Å²) >= 11 is 0. The molecule has 2 bridgehead atoms. The van der Waals surface area contributed by atoms with E-state index in [4.69, 9.17) is 9.16 Å². The van der Waals surface area contributed by atoms with Gasteiger partial charge in [-0.3, -0.25) is 14.4 Å². The third kappa shape index (κ3) is 8.98. The van der Waals surface area contributed by atoms with Gasteiger partial charge in [0.1, 0.15) is 11.6 Å². The van der Waals surface area contributed by atoms with Crippen molar-refractivity contribution in [3.63, 3.8) is 0 Å². The number of Topliss-reactive ketones (excluding diaryl/α,β-unsaturated/α-hetero) is 2. The van der Waals surface area contributed by atoms with Gasteiger partial charge >= 0.3 is 12.1 Å². The fourth-order valence-electron chi connectivity index (χ4n) is 7.30. The predicted octanol–water partition coefficient (Wildman–Crippen LogP) is 8.27. The van der Waals surface area contributed by atoms with Crippen LogP contribution in [-0.4, -0.2) is 56.8 Å². The van der Waals surface area contributed by atoms with Crippen molar-refractivity contribution >= 4 is 25.8 Å². The lowest BCUT2D eigenvalue weighted by Crippen LogP contribution is -2.48. The average Bonchev–Trinajstić information content (AvgIpc) is 3.30. The number of carbonyl (C=O) groups is 3. The van der Waals surface area contributed by atoms with E-state index in [1.165, 1.54) is 0 Å². The number of allylic oxidation sites excluding steroid dienone is 2. The van der Waals surface area contributed by atoms with E-state index in [-0.39, 0.29) is 67.1 Å². The van der Waals surface area contributed by atoms with E-state index in [0.29, 0.717) is 18.8 Å². The van der Waals surface area contributed by atoms with Crippen LogP contribution in [-0.2, 0) is 23.5 Å². The van der Waals surface area contributed by atoms with Crippen LogP contribution >= 0.6 is 0 Å². The molecule has 2 heterocycles. The van der Waals surface area contributed by atoms with Crippen LogP contribution in [0.2, 0.25) is 18.1 Å². The van der Waals surface area contributed by atoms with Crippen molar-refractivity contribution in [2.45, 2.75) is 149 Å². The first-order chi connectivity index (χ1) is 20.7.